The Morgan fingerprint density at radius 3 is 2.30 bits per heavy atom. The number of hydrogen-bond acceptors (Lipinski definition) is 7. The predicted molar refractivity (Wildman–Crippen MR) is 125 cm³/mol. The maximum Gasteiger partial charge on any atom is 0.359 e. The van der Waals surface area contributed by atoms with Crippen LogP contribution in [0.3, 0.4) is 0 Å². The average molecular weight is 448 g/mol. The Hall–Kier alpha value is -3.52. The van der Waals surface area contributed by atoms with Crippen molar-refractivity contribution in [1.82, 2.24) is 19.8 Å². The molecule has 1 aliphatic rings. The zero-order valence-corrected chi connectivity index (χ0v) is 19.8. The number of carbonyl (C=O) groups is 1. The largest absolute Gasteiger partial charge is 0.418 e. The van der Waals surface area contributed by atoms with E-state index in [1.54, 1.807) is 29.5 Å². The van der Waals surface area contributed by atoms with Gasteiger partial charge in [0, 0.05) is 11.6 Å². The molecule has 0 bridgehead atoms. The van der Waals surface area contributed by atoms with Crippen molar-refractivity contribution in [3.63, 3.8) is 0 Å². The van der Waals surface area contributed by atoms with E-state index in [0.717, 1.165) is 11.4 Å². The highest BCUT2D eigenvalue weighted by Crippen LogP contribution is 2.30. The van der Waals surface area contributed by atoms with Crippen molar-refractivity contribution < 1.29 is 14.4 Å². The minimum Gasteiger partial charge on any atom is -0.418 e. The molecule has 3 aromatic rings. The fraction of sp³-hybridized carbons (Fsp3) is 0.360. The predicted octanol–water partition coefficient (Wildman–Crippen LogP) is 4.50. The lowest BCUT2D eigenvalue weighted by atomic mass is 9.91. The lowest BCUT2D eigenvalue weighted by Crippen LogP contribution is -2.46. The van der Waals surface area contributed by atoms with Gasteiger partial charge in [-0.3, -0.25) is 0 Å². The van der Waals surface area contributed by atoms with Gasteiger partial charge < -0.3 is 9.57 Å². The Kier molecular flexibility index (Phi) is 5.80. The van der Waals surface area contributed by atoms with Gasteiger partial charge in [-0.05, 0) is 51.1 Å². The van der Waals surface area contributed by atoms with Crippen LogP contribution >= 0.6 is 0 Å². The smallest absolute Gasteiger partial charge is 0.359 e. The first-order valence-electron chi connectivity index (χ1n) is 10.9. The first kappa shape index (κ1) is 22.7. The van der Waals surface area contributed by atoms with Crippen molar-refractivity contribution >= 4 is 11.9 Å². The SMILES string of the molecule is CC(C)(C)c1cc(C2=NC(OC(=O)c3ccccn3)N(C(C)(C)C)O2)nn1-c1ccccc1. The minimum absolute atomic E-state index is 0.172. The van der Waals surface area contributed by atoms with Crippen LogP contribution in [0, 0.1) is 0 Å². The third-order valence-corrected chi connectivity index (χ3v) is 5.06. The Balaban J connectivity index is 1.70. The highest BCUT2D eigenvalue weighted by molar-refractivity contribution is 5.93. The molecule has 0 radical (unpaired) electrons. The molecule has 0 amide bonds. The van der Waals surface area contributed by atoms with E-state index in [0.29, 0.717) is 11.6 Å². The highest BCUT2D eigenvalue weighted by atomic mass is 16.7. The van der Waals surface area contributed by atoms with Gasteiger partial charge in [0.15, 0.2) is 0 Å². The lowest BCUT2D eigenvalue weighted by molar-refractivity contribution is -0.206. The Bertz CT molecular complexity index is 1160. The number of nitrogens with zero attached hydrogens (tertiary/aromatic N) is 5. The maximum absolute atomic E-state index is 12.6. The van der Waals surface area contributed by atoms with Gasteiger partial charge in [-0.1, -0.05) is 50.1 Å². The van der Waals surface area contributed by atoms with Crippen LogP contribution in [0.15, 0.2) is 65.8 Å². The summed E-state index contributed by atoms with van der Waals surface area (Å²) >= 11 is 0. The molecule has 0 spiro atoms. The topological polar surface area (TPSA) is 81.8 Å². The van der Waals surface area contributed by atoms with Gasteiger partial charge in [0.2, 0.25) is 0 Å². The summed E-state index contributed by atoms with van der Waals surface area (Å²) in [4.78, 5) is 27.4. The molecule has 1 unspecified atom stereocenters. The first-order chi connectivity index (χ1) is 15.5. The molecule has 4 rings (SSSR count). The molecular formula is C25H29N5O3. The summed E-state index contributed by atoms with van der Waals surface area (Å²) in [7, 11) is 0. The van der Waals surface area contributed by atoms with Crippen LogP contribution in [-0.2, 0) is 15.0 Å². The van der Waals surface area contributed by atoms with Crippen molar-refractivity contribution in [3.8, 4) is 5.69 Å². The van der Waals surface area contributed by atoms with E-state index < -0.39 is 17.9 Å². The quantitative estimate of drug-likeness (QED) is 0.548. The number of aromatic nitrogens is 3. The standard InChI is InChI=1S/C25H29N5O3/c1-24(2,3)20-16-19(28-29(20)17-12-8-7-9-13-17)21-27-23(30(33-21)25(4,5)6)32-22(31)18-14-10-11-15-26-18/h7-16,23H,1-6H3. The summed E-state index contributed by atoms with van der Waals surface area (Å²) in [6, 6.07) is 17.0. The van der Waals surface area contributed by atoms with Crippen molar-refractivity contribution in [2.45, 2.75) is 58.8 Å². The first-order valence-corrected chi connectivity index (χ1v) is 10.9. The van der Waals surface area contributed by atoms with Gasteiger partial charge in [0.1, 0.15) is 11.4 Å². The third-order valence-electron chi connectivity index (χ3n) is 5.06. The Morgan fingerprint density at radius 2 is 1.70 bits per heavy atom. The zero-order chi connectivity index (χ0) is 23.8. The van der Waals surface area contributed by atoms with E-state index in [4.69, 9.17) is 14.7 Å². The van der Waals surface area contributed by atoms with Gasteiger partial charge in [-0.2, -0.15) is 10.1 Å². The molecule has 8 nitrogen and oxygen atoms in total. The number of ether oxygens (including phenoxy) is 1. The second kappa shape index (κ2) is 8.44. The maximum atomic E-state index is 12.6. The number of aliphatic imine (C=N–C) groups is 1. The number of hydroxylamine groups is 2. The van der Waals surface area contributed by atoms with Gasteiger partial charge in [0.05, 0.1) is 16.9 Å². The van der Waals surface area contributed by atoms with E-state index in [-0.39, 0.29) is 11.1 Å². The monoisotopic (exact) mass is 447 g/mol. The molecule has 1 atom stereocenters. The molecule has 0 aliphatic carbocycles. The van der Waals surface area contributed by atoms with Crippen molar-refractivity contribution in [3.05, 3.63) is 77.9 Å². The van der Waals surface area contributed by atoms with Crippen LogP contribution in [0.4, 0.5) is 0 Å². The fourth-order valence-electron chi connectivity index (χ4n) is 3.40. The average Bonchev–Trinajstić information content (AvgIpc) is 3.39. The summed E-state index contributed by atoms with van der Waals surface area (Å²) in [5.74, 6) is -0.280. The lowest BCUT2D eigenvalue weighted by Gasteiger charge is -2.32. The molecule has 1 aliphatic heterocycles. The molecule has 0 fully saturated rings. The molecule has 33 heavy (non-hydrogen) atoms. The number of rotatable bonds is 4. The van der Waals surface area contributed by atoms with Gasteiger partial charge in [0.25, 0.3) is 12.2 Å². The third kappa shape index (κ3) is 4.80. The number of pyridine rings is 1. The number of benzene rings is 1. The molecule has 0 saturated heterocycles. The van der Waals surface area contributed by atoms with Crippen LogP contribution in [0.25, 0.3) is 5.69 Å². The second-order valence-electron chi connectivity index (χ2n) is 9.88. The normalized spacial score (nSPS) is 16.9. The number of carbonyl (C=O) groups excluding carboxylic acids is 1. The fourth-order valence-corrected chi connectivity index (χ4v) is 3.40. The Morgan fingerprint density at radius 1 is 1.00 bits per heavy atom. The Labute approximate surface area is 193 Å². The van der Waals surface area contributed by atoms with Gasteiger partial charge in [-0.15, -0.1) is 0 Å². The van der Waals surface area contributed by atoms with Crippen LogP contribution in [0.2, 0.25) is 0 Å². The van der Waals surface area contributed by atoms with Crippen molar-refractivity contribution in [1.29, 1.82) is 0 Å². The van der Waals surface area contributed by atoms with E-state index in [1.807, 2.05) is 61.9 Å². The van der Waals surface area contributed by atoms with Gasteiger partial charge >= 0.3 is 5.97 Å². The molecule has 172 valence electrons. The van der Waals surface area contributed by atoms with E-state index >= 15 is 0 Å². The van der Waals surface area contributed by atoms with Crippen LogP contribution in [0.1, 0.15) is 63.4 Å². The number of para-hydroxylation sites is 1. The molecule has 0 N–H and O–H groups in total. The molecular weight excluding hydrogens is 418 g/mol. The number of esters is 1. The number of hydrogen-bond donors (Lipinski definition) is 0. The molecule has 0 saturated carbocycles. The van der Waals surface area contributed by atoms with Crippen LogP contribution in [-0.4, -0.2) is 43.6 Å². The highest BCUT2D eigenvalue weighted by Gasteiger charge is 2.41. The second-order valence-corrected chi connectivity index (χ2v) is 9.88. The zero-order valence-electron chi connectivity index (χ0n) is 19.8. The van der Waals surface area contributed by atoms with Gasteiger partial charge in [-0.25, -0.2) is 14.5 Å². The molecule has 3 heterocycles. The summed E-state index contributed by atoms with van der Waals surface area (Å²) in [6.07, 6.45) is 0.580. The minimum atomic E-state index is -0.963. The van der Waals surface area contributed by atoms with Crippen molar-refractivity contribution in [2.75, 3.05) is 0 Å². The molecule has 2 aromatic heterocycles. The molecule has 8 heteroatoms. The summed E-state index contributed by atoms with van der Waals surface area (Å²) in [5, 5.41) is 6.36. The molecule has 1 aromatic carbocycles. The van der Waals surface area contributed by atoms with Crippen LogP contribution < -0.4 is 0 Å². The van der Waals surface area contributed by atoms with E-state index in [9.17, 15) is 4.79 Å². The van der Waals surface area contributed by atoms with E-state index in [2.05, 4.69) is 30.7 Å². The summed E-state index contributed by atoms with van der Waals surface area (Å²) < 4.78 is 7.55. The van der Waals surface area contributed by atoms with Crippen LogP contribution in [0.5, 0.6) is 0 Å². The summed E-state index contributed by atoms with van der Waals surface area (Å²) in [5.41, 5.74) is 2.06. The van der Waals surface area contributed by atoms with Crippen molar-refractivity contribution in [2.24, 2.45) is 4.99 Å². The summed E-state index contributed by atoms with van der Waals surface area (Å²) in [6.45, 7) is 12.2. The van der Waals surface area contributed by atoms with E-state index in [1.165, 1.54) is 0 Å².